The van der Waals surface area contributed by atoms with Crippen LogP contribution in [0.15, 0.2) is 11.6 Å². The van der Waals surface area contributed by atoms with Crippen LogP contribution in [0.4, 0.5) is 0 Å². The zero-order valence-electron chi connectivity index (χ0n) is 8.28. The Kier molecular flexibility index (Phi) is 4.43. The van der Waals surface area contributed by atoms with E-state index < -0.39 is 0 Å². The van der Waals surface area contributed by atoms with Gasteiger partial charge in [0.1, 0.15) is 0 Å². The maximum atomic E-state index is 6.03. The van der Waals surface area contributed by atoms with Crippen molar-refractivity contribution in [1.29, 1.82) is 0 Å². The maximum Gasteiger partial charge on any atom is 0.0160 e. The number of allylic oxidation sites excluding steroid dienone is 1. The average Bonchev–Trinajstić information content (AvgIpc) is 2.00. The van der Waals surface area contributed by atoms with Crippen LogP contribution in [0.25, 0.3) is 0 Å². The summed E-state index contributed by atoms with van der Waals surface area (Å²) in [5, 5.41) is 0. The first-order valence-corrected chi connectivity index (χ1v) is 4.48. The van der Waals surface area contributed by atoms with Crippen molar-refractivity contribution in [3.8, 4) is 0 Å². The minimum absolute atomic E-state index is 0.00213. The van der Waals surface area contributed by atoms with E-state index in [0.29, 0.717) is 0 Å². The summed E-state index contributed by atoms with van der Waals surface area (Å²) in [7, 11) is 0. The molecule has 1 heteroatoms. The van der Waals surface area contributed by atoms with Crippen molar-refractivity contribution in [2.24, 2.45) is 5.73 Å². The molecule has 0 aliphatic carbocycles. The molecule has 0 radical (unpaired) electrons. The van der Waals surface area contributed by atoms with Crippen LogP contribution in [-0.2, 0) is 0 Å². The summed E-state index contributed by atoms with van der Waals surface area (Å²) >= 11 is 0. The maximum absolute atomic E-state index is 6.03. The fraction of sp³-hybridized carbons (Fsp3) is 0.800. The SMILES string of the molecule is CC=C(CC)CC(C)(N)CC. The molecule has 0 amide bonds. The molecule has 0 saturated heterocycles. The lowest BCUT2D eigenvalue weighted by Gasteiger charge is -2.23. The van der Waals surface area contributed by atoms with E-state index >= 15 is 0 Å². The van der Waals surface area contributed by atoms with Gasteiger partial charge in [-0.15, -0.1) is 0 Å². The Bertz CT molecular complexity index is 134. The standard InChI is InChI=1S/C10H21N/c1-5-9(6-2)8-10(4,11)7-3/h5H,6-8,11H2,1-4H3. The summed E-state index contributed by atoms with van der Waals surface area (Å²) < 4.78 is 0. The molecule has 0 saturated carbocycles. The summed E-state index contributed by atoms with van der Waals surface area (Å²) in [5.74, 6) is 0. The van der Waals surface area contributed by atoms with Gasteiger partial charge in [-0.1, -0.05) is 25.5 Å². The first kappa shape index (κ1) is 10.7. The van der Waals surface area contributed by atoms with Crippen molar-refractivity contribution in [3.63, 3.8) is 0 Å². The molecule has 66 valence electrons. The zero-order chi connectivity index (χ0) is 8.91. The Morgan fingerprint density at radius 1 is 1.45 bits per heavy atom. The number of hydrogen-bond acceptors (Lipinski definition) is 1. The zero-order valence-corrected chi connectivity index (χ0v) is 8.28. The van der Waals surface area contributed by atoms with Crippen LogP contribution in [0.1, 0.15) is 47.0 Å². The Balaban J connectivity index is 4.01. The highest BCUT2D eigenvalue weighted by atomic mass is 14.7. The van der Waals surface area contributed by atoms with Gasteiger partial charge in [0.05, 0.1) is 0 Å². The van der Waals surface area contributed by atoms with Crippen molar-refractivity contribution in [1.82, 2.24) is 0 Å². The lowest BCUT2D eigenvalue weighted by Crippen LogP contribution is -2.35. The topological polar surface area (TPSA) is 26.0 Å². The van der Waals surface area contributed by atoms with Crippen molar-refractivity contribution in [2.75, 3.05) is 0 Å². The van der Waals surface area contributed by atoms with E-state index in [0.717, 1.165) is 19.3 Å². The molecule has 0 fully saturated rings. The molecule has 0 aliphatic heterocycles. The first-order chi connectivity index (χ1) is 5.05. The van der Waals surface area contributed by atoms with Crippen LogP contribution in [-0.4, -0.2) is 5.54 Å². The lowest BCUT2D eigenvalue weighted by atomic mass is 9.90. The third kappa shape index (κ3) is 4.20. The average molecular weight is 155 g/mol. The first-order valence-electron chi connectivity index (χ1n) is 4.48. The Hall–Kier alpha value is -0.300. The molecule has 2 N–H and O–H groups in total. The predicted molar refractivity (Wildman–Crippen MR) is 51.5 cm³/mol. The van der Waals surface area contributed by atoms with Gasteiger partial charge in [-0.25, -0.2) is 0 Å². The molecule has 0 heterocycles. The summed E-state index contributed by atoms with van der Waals surface area (Å²) in [6, 6.07) is 0. The number of rotatable bonds is 4. The van der Waals surface area contributed by atoms with Crippen molar-refractivity contribution in [3.05, 3.63) is 11.6 Å². The molecule has 1 nitrogen and oxygen atoms in total. The van der Waals surface area contributed by atoms with Crippen LogP contribution in [0.2, 0.25) is 0 Å². The molecule has 0 aromatic heterocycles. The van der Waals surface area contributed by atoms with Gasteiger partial charge in [-0.3, -0.25) is 0 Å². The second kappa shape index (κ2) is 4.55. The van der Waals surface area contributed by atoms with Gasteiger partial charge < -0.3 is 5.73 Å². The monoisotopic (exact) mass is 155 g/mol. The smallest absolute Gasteiger partial charge is 0.0160 e. The van der Waals surface area contributed by atoms with E-state index in [-0.39, 0.29) is 5.54 Å². The fourth-order valence-electron chi connectivity index (χ4n) is 1.07. The molecular weight excluding hydrogens is 134 g/mol. The molecule has 0 aromatic carbocycles. The highest BCUT2D eigenvalue weighted by Gasteiger charge is 2.15. The van der Waals surface area contributed by atoms with E-state index in [2.05, 4.69) is 33.8 Å². The molecule has 0 spiro atoms. The van der Waals surface area contributed by atoms with Crippen LogP contribution in [0, 0.1) is 0 Å². The molecular formula is C10H21N. The number of hydrogen-bond donors (Lipinski definition) is 1. The van der Waals surface area contributed by atoms with Crippen molar-refractivity contribution >= 4 is 0 Å². The quantitative estimate of drug-likeness (QED) is 0.621. The van der Waals surface area contributed by atoms with Gasteiger partial charge >= 0.3 is 0 Å². The fourth-order valence-corrected chi connectivity index (χ4v) is 1.07. The van der Waals surface area contributed by atoms with Gasteiger partial charge in [0.25, 0.3) is 0 Å². The second-order valence-electron chi connectivity index (χ2n) is 3.48. The highest BCUT2D eigenvalue weighted by molar-refractivity contribution is 5.04. The molecule has 11 heavy (non-hydrogen) atoms. The molecule has 0 aliphatic rings. The van der Waals surface area contributed by atoms with Gasteiger partial charge in [0, 0.05) is 5.54 Å². The third-order valence-corrected chi connectivity index (χ3v) is 2.30. The largest absolute Gasteiger partial charge is 0.325 e. The highest BCUT2D eigenvalue weighted by Crippen LogP contribution is 2.18. The molecule has 0 bridgehead atoms. The van der Waals surface area contributed by atoms with Crippen LogP contribution >= 0.6 is 0 Å². The van der Waals surface area contributed by atoms with Gasteiger partial charge in [-0.2, -0.15) is 0 Å². The molecule has 1 unspecified atom stereocenters. The minimum Gasteiger partial charge on any atom is -0.325 e. The lowest BCUT2D eigenvalue weighted by molar-refractivity contribution is 0.444. The predicted octanol–water partition coefficient (Wildman–Crippen LogP) is 2.86. The Morgan fingerprint density at radius 3 is 2.27 bits per heavy atom. The van der Waals surface area contributed by atoms with Crippen LogP contribution in [0.3, 0.4) is 0 Å². The summed E-state index contributed by atoms with van der Waals surface area (Å²) in [4.78, 5) is 0. The molecule has 1 atom stereocenters. The summed E-state index contributed by atoms with van der Waals surface area (Å²) in [6.45, 7) is 8.53. The minimum atomic E-state index is -0.00213. The van der Waals surface area contributed by atoms with Crippen LogP contribution < -0.4 is 5.73 Å². The van der Waals surface area contributed by atoms with Gasteiger partial charge in [0.2, 0.25) is 0 Å². The van der Waals surface area contributed by atoms with Gasteiger partial charge in [0.15, 0.2) is 0 Å². The van der Waals surface area contributed by atoms with Crippen molar-refractivity contribution in [2.45, 2.75) is 52.5 Å². The van der Waals surface area contributed by atoms with E-state index in [1.807, 2.05) is 0 Å². The van der Waals surface area contributed by atoms with E-state index in [1.165, 1.54) is 5.57 Å². The molecule has 0 aromatic rings. The Labute approximate surface area is 70.7 Å². The molecule has 0 rings (SSSR count). The van der Waals surface area contributed by atoms with E-state index in [9.17, 15) is 0 Å². The summed E-state index contributed by atoms with van der Waals surface area (Å²) in [5.41, 5.74) is 7.49. The second-order valence-corrected chi connectivity index (χ2v) is 3.48. The van der Waals surface area contributed by atoms with Crippen LogP contribution in [0.5, 0.6) is 0 Å². The Morgan fingerprint density at radius 2 is 2.00 bits per heavy atom. The van der Waals surface area contributed by atoms with E-state index in [4.69, 9.17) is 5.73 Å². The van der Waals surface area contributed by atoms with Crippen molar-refractivity contribution < 1.29 is 0 Å². The normalized spacial score (nSPS) is 18.1. The summed E-state index contributed by atoms with van der Waals surface area (Å²) in [6.07, 6.45) is 5.39. The van der Waals surface area contributed by atoms with E-state index in [1.54, 1.807) is 0 Å². The third-order valence-electron chi connectivity index (χ3n) is 2.30. The van der Waals surface area contributed by atoms with Gasteiger partial charge in [-0.05, 0) is 33.1 Å². The number of nitrogens with two attached hydrogens (primary N) is 1.